The fraction of sp³-hybridized carbons (Fsp3) is 0.538. The van der Waals surface area contributed by atoms with Crippen molar-refractivity contribution in [1.29, 1.82) is 0 Å². The molecule has 1 aromatic rings. The molecule has 0 aromatic heterocycles. The van der Waals surface area contributed by atoms with E-state index in [2.05, 4.69) is 0 Å². The van der Waals surface area contributed by atoms with Crippen molar-refractivity contribution in [2.75, 3.05) is 5.73 Å². The highest BCUT2D eigenvalue weighted by Gasteiger charge is 2.32. The molecular weight excluding hydrogens is 243 g/mol. The summed E-state index contributed by atoms with van der Waals surface area (Å²) in [6, 6.07) is 3.06. The largest absolute Gasteiger partial charge is 0.416 e. The molecule has 5 heteroatoms. The molecule has 2 atom stereocenters. The molecule has 0 fully saturated rings. The number of halogens is 3. The summed E-state index contributed by atoms with van der Waals surface area (Å²) >= 11 is 0. The maximum atomic E-state index is 12.6. The predicted molar refractivity (Wildman–Crippen MR) is 64.9 cm³/mol. The van der Waals surface area contributed by atoms with Gasteiger partial charge in [-0.2, -0.15) is 13.2 Å². The lowest BCUT2D eigenvalue weighted by molar-refractivity contribution is -0.137. The van der Waals surface area contributed by atoms with Gasteiger partial charge in [0.25, 0.3) is 0 Å². The summed E-state index contributed by atoms with van der Waals surface area (Å²) in [6.45, 7) is 3.76. The van der Waals surface area contributed by atoms with Crippen LogP contribution >= 0.6 is 0 Å². The van der Waals surface area contributed by atoms with E-state index in [4.69, 9.17) is 5.73 Å². The molecule has 3 N–H and O–H groups in total. The Kier molecular flexibility index (Phi) is 4.62. The van der Waals surface area contributed by atoms with Gasteiger partial charge in [0.05, 0.1) is 11.7 Å². The van der Waals surface area contributed by atoms with Crippen LogP contribution < -0.4 is 5.73 Å². The van der Waals surface area contributed by atoms with Crippen LogP contribution in [0.2, 0.25) is 0 Å². The molecule has 1 rings (SSSR count). The van der Waals surface area contributed by atoms with Crippen LogP contribution in [0.1, 0.15) is 43.9 Å². The van der Waals surface area contributed by atoms with E-state index in [-0.39, 0.29) is 17.2 Å². The second kappa shape index (κ2) is 5.61. The van der Waals surface area contributed by atoms with Crippen molar-refractivity contribution in [2.45, 2.75) is 39.0 Å². The molecule has 102 valence electrons. The molecule has 0 aliphatic carbocycles. The average molecular weight is 261 g/mol. The van der Waals surface area contributed by atoms with Gasteiger partial charge >= 0.3 is 6.18 Å². The van der Waals surface area contributed by atoms with Gasteiger partial charge in [-0.1, -0.05) is 20.3 Å². The van der Waals surface area contributed by atoms with Crippen molar-refractivity contribution in [1.82, 2.24) is 0 Å². The first-order valence-electron chi connectivity index (χ1n) is 5.92. The number of aliphatic hydroxyl groups is 1. The molecular formula is C13H18F3NO. The number of nitrogens with two attached hydrogens (primary N) is 1. The Bertz CT molecular complexity index is 404. The minimum atomic E-state index is -4.42. The second-order valence-electron chi connectivity index (χ2n) is 4.55. The van der Waals surface area contributed by atoms with Crippen LogP contribution in [0.4, 0.5) is 18.9 Å². The predicted octanol–water partition coefficient (Wildman–Crippen LogP) is 3.76. The molecule has 0 aliphatic rings. The van der Waals surface area contributed by atoms with Crippen LogP contribution in [0.25, 0.3) is 0 Å². The quantitative estimate of drug-likeness (QED) is 0.811. The first-order chi connectivity index (χ1) is 8.27. The Morgan fingerprint density at radius 2 is 1.94 bits per heavy atom. The molecule has 0 spiro atoms. The smallest absolute Gasteiger partial charge is 0.398 e. The van der Waals surface area contributed by atoms with E-state index in [1.807, 2.05) is 6.92 Å². The Morgan fingerprint density at radius 3 is 2.44 bits per heavy atom. The Labute approximate surface area is 105 Å². The minimum Gasteiger partial charge on any atom is -0.398 e. The maximum absolute atomic E-state index is 12.6. The van der Waals surface area contributed by atoms with Gasteiger partial charge in [0, 0.05) is 11.3 Å². The van der Waals surface area contributed by atoms with E-state index < -0.39 is 17.8 Å². The van der Waals surface area contributed by atoms with E-state index in [1.165, 1.54) is 6.07 Å². The third-order valence-electron chi connectivity index (χ3n) is 3.02. The monoisotopic (exact) mass is 261 g/mol. The molecule has 0 saturated carbocycles. The van der Waals surface area contributed by atoms with Gasteiger partial charge in [0.15, 0.2) is 0 Å². The molecule has 0 bridgehead atoms. The van der Waals surface area contributed by atoms with Crippen LogP contribution in [-0.4, -0.2) is 5.11 Å². The number of hydrogen-bond acceptors (Lipinski definition) is 2. The fourth-order valence-electron chi connectivity index (χ4n) is 1.93. The van der Waals surface area contributed by atoms with E-state index in [9.17, 15) is 18.3 Å². The third-order valence-corrected chi connectivity index (χ3v) is 3.02. The van der Waals surface area contributed by atoms with Crippen molar-refractivity contribution >= 4 is 5.69 Å². The second-order valence-corrected chi connectivity index (χ2v) is 4.55. The summed E-state index contributed by atoms with van der Waals surface area (Å²) in [7, 11) is 0. The van der Waals surface area contributed by atoms with Crippen LogP contribution in [0, 0.1) is 5.92 Å². The van der Waals surface area contributed by atoms with Gasteiger partial charge in [0.1, 0.15) is 0 Å². The van der Waals surface area contributed by atoms with Crippen LogP contribution in [0.15, 0.2) is 18.2 Å². The van der Waals surface area contributed by atoms with Gasteiger partial charge in [-0.05, 0) is 30.5 Å². The van der Waals surface area contributed by atoms with Crippen LogP contribution in [0.5, 0.6) is 0 Å². The van der Waals surface area contributed by atoms with Gasteiger partial charge in [-0.15, -0.1) is 0 Å². The van der Waals surface area contributed by atoms with Crippen LogP contribution in [0.3, 0.4) is 0 Å². The lowest BCUT2D eigenvalue weighted by Crippen LogP contribution is -2.13. The third kappa shape index (κ3) is 3.38. The van der Waals surface area contributed by atoms with E-state index >= 15 is 0 Å². The number of rotatable bonds is 4. The van der Waals surface area contributed by atoms with Gasteiger partial charge in [-0.3, -0.25) is 0 Å². The summed E-state index contributed by atoms with van der Waals surface area (Å²) in [5.41, 5.74) is 5.21. The SMILES string of the molecule is CCCC(C)C(O)c1cc(C(F)(F)F)ccc1N. The van der Waals surface area contributed by atoms with Crippen molar-refractivity contribution in [3.05, 3.63) is 29.3 Å². The zero-order valence-corrected chi connectivity index (χ0v) is 10.5. The number of alkyl halides is 3. The van der Waals surface area contributed by atoms with Gasteiger partial charge in [0.2, 0.25) is 0 Å². The first kappa shape index (κ1) is 14.8. The summed E-state index contributed by atoms with van der Waals surface area (Å²) in [5, 5.41) is 10.0. The van der Waals surface area contributed by atoms with Crippen molar-refractivity contribution in [2.24, 2.45) is 5.92 Å². The van der Waals surface area contributed by atoms with Gasteiger partial charge < -0.3 is 10.8 Å². The molecule has 0 heterocycles. The summed E-state index contributed by atoms with van der Waals surface area (Å²) in [6.07, 6.45) is -3.79. The average Bonchev–Trinajstić information content (AvgIpc) is 2.27. The lowest BCUT2D eigenvalue weighted by atomic mass is 9.91. The fourth-order valence-corrected chi connectivity index (χ4v) is 1.93. The highest BCUT2D eigenvalue weighted by Crippen LogP contribution is 2.35. The molecule has 1 aromatic carbocycles. The molecule has 0 radical (unpaired) electrons. The Hall–Kier alpha value is -1.23. The Morgan fingerprint density at radius 1 is 1.33 bits per heavy atom. The maximum Gasteiger partial charge on any atom is 0.416 e. The molecule has 18 heavy (non-hydrogen) atoms. The zero-order chi connectivity index (χ0) is 13.9. The number of anilines is 1. The number of benzene rings is 1. The molecule has 2 unspecified atom stereocenters. The van der Waals surface area contributed by atoms with Crippen molar-refractivity contribution in [3.63, 3.8) is 0 Å². The molecule has 0 aliphatic heterocycles. The van der Waals surface area contributed by atoms with Gasteiger partial charge in [-0.25, -0.2) is 0 Å². The lowest BCUT2D eigenvalue weighted by Gasteiger charge is -2.21. The van der Waals surface area contributed by atoms with Crippen LogP contribution in [-0.2, 0) is 6.18 Å². The zero-order valence-electron chi connectivity index (χ0n) is 10.5. The van der Waals surface area contributed by atoms with Crippen molar-refractivity contribution < 1.29 is 18.3 Å². The highest BCUT2D eigenvalue weighted by molar-refractivity contribution is 5.50. The normalized spacial score (nSPS) is 15.4. The van der Waals surface area contributed by atoms with E-state index in [0.717, 1.165) is 25.0 Å². The van der Waals surface area contributed by atoms with Crippen molar-refractivity contribution in [3.8, 4) is 0 Å². The molecule has 0 saturated heterocycles. The number of nitrogen functional groups attached to an aromatic ring is 1. The molecule has 0 amide bonds. The molecule has 2 nitrogen and oxygen atoms in total. The number of hydrogen-bond donors (Lipinski definition) is 2. The Balaban J connectivity index is 3.08. The van der Waals surface area contributed by atoms with E-state index in [1.54, 1.807) is 6.92 Å². The topological polar surface area (TPSA) is 46.2 Å². The standard InChI is InChI=1S/C13H18F3NO/c1-3-4-8(2)12(18)10-7-9(13(14,15)16)5-6-11(10)17/h5-8,12,18H,3-4,17H2,1-2H3. The first-order valence-corrected chi connectivity index (χ1v) is 5.92. The highest BCUT2D eigenvalue weighted by atomic mass is 19.4. The summed E-state index contributed by atoms with van der Waals surface area (Å²) in [4.78, 5) is 0. The van der Waals surface area contributed by atoms with E-state index in [0.29, 0.717) is 0 Å². The summed E-state index contributed by atoms with van der Waals surface area (Å²) in [5.74, 6) is -0.124. The number of aliphatic hydroxyl groups excluding tert-OH is 1. The summed E-state index contributed by atoms with van der Waals surface area (Å²) < 4.78 is 37.8. The minimum absolute atomic E-state index is 0.124.